The lowest BCUT2D eigenvalue weighted by Crippen LogP contribution is -2.51. The van der Waals surface area contributed by atoms with E-state index in [0.29, 0.717) is 5.56 Å². The van der Waals surface area contributed by atoms with Gasteiger partial charge in [0, 0.05) is 24.4 Å². The van der Waals surface area contributed by atoms with Crippen LogP contribution in [0.2, 0.25) is 0 Å². The summed E-state index contributed by atoms with van der Waals surface area (Å²) in [4.78, 5) is 18.6. The Hall–Kier alpha value is -3.65. The average Bonchev–Trinajstić information content (AvgIpc) is 2.74. The van der Waals surface area contributed by atoms with Gasteiger partial charge in [-0.25, -0.2) is 14.4 Å². The Labute approximate surface area is 169 Å². The molecule has 0 saturated heterocycles. The number of aliphatic hydroxyl groups is 1. The van der Waals surface area contributed by atoms with E-state index in [9.17, 15) is 18.0 Å². The Morgan fingerprint density at radius 1 is 1.37 bits per heavy atom. The molecule has 8 nitrogen and oxygen atoms in total. The number of amides is 1. The van der Waals surface area contributed by atoms with Gasteiger partial charge in [-0.3, -0.25) is 4.79 Å². The number of aromatic nitrogens is 1. The molecule has 0 saturated carbocycles. The SMILES string of the molecule is CO.C[C@]1(c2cc(NC(=O)c3ccc(C#N)c[nH+]3)ccc2F)N=C(N)OCC1(F)F. The molecule has 30 heavy (non-hydrogen) atoms. The summed E-state index contributed by atoms with van der Waals surface area (Å²) in [6, 6.07) is 7.50. The average molecular weight is 422 g/mol. The summed E-state index contributed by atoms with van der Waals surface area (Å²) in [6.07, 6.45) is 1.34. The third-order valence-corrected chi connectivity index (χ3v) is 4.38. The van der Waals surface area contributed by atoms with Gasteiger partial charge in [-0.15, -0.1) is 0 Å². The van der Waals surface area contributed by atoms with Gasteiger partial charge in [0.15, 0.2) is 18.3 Å². The second-order valence-corrected chi connectivity index (χ2v) is 6.27. The maximum atomic E-state index is 14.4. The quantitative estimate of drug-likeness (QED) is 0.690. The van der Waals surface area contributed by atoms with Crippen molar-refractivity contribution in [1.82, 2.24) is 0 Å². The van der Waals surface area contributed by atoms with Gasteiger partial charge in [0.1, 0.15) is 17.4 Å². The van der Waals surface area contributed by atoms with Crippen molar-refractivity contribution in [2.24, 2.45) is 10.7 Å². The number of pyridine rings is 1. The molecular formula is C19H19F3N5O3+. The van der Waals surface area contributed by atoms with Gasteiger partial charge in [0.05, 0.1) is 0 Å². The molecule has 0 spiro atoms. The van der Waals surface area contributed by atoms with Gasteiger partial charge in [-0.2, -0.15) is 14.0 Å². The number of aromatic amines is 1. The first-order valence-corrected chi connectivity index (χ1v) is 8.50. The lowest BCUT2D eigenvalue weighted by Gasteiger charge is -2.37. The number of amidine groups is 1. The Kier molecular flexibility index (Phi) is 6.63. The molecule has 2 aromatic rings. The number of hydrogen-bond acceptors (Lipinski definition) is 6. The molecule has 158 valence electrons. The van der Waals surface area contributed by atoms with E-state index in [1.165, 1.54) is 24.4 Å². The van der Waals surface area contributed by atoms with E-state index in [4.69, 9.17) is 16.1 Å². The van der Waals surface area contributed by atoms with Crippen molar-refractivity contribution >= 4 is 17.6 Å². The van der Waals surface area contributed by atoms with Gasteiger partial charge < -0.3 is 20.9 Å². The molecule has 0 radical (unpaired) electrons. The number of nitrogens with one attached hydrogen (secondary N) is 2. The summed E-state index contributed by atoms with van der Waals surface area (Å²) in [5, 5.41) is 18.3. The van der Waals surface area contributed by atoms with Crippen molar-refractivity contribution in [3.8, 4) is 6.07 Å². The molecule has 1 aliphatic rings. The van der Waals surface area contributed by atoms with Crippen molar-refractivity contribution in [2.75, 3.05) is 19.0 Å². The summed E-state index contributed by atoms with van der Waals surface area (Å²) in [6.45, 7) is -0.00412. The van der Waals surface area contributed by atoms with Crippen LogP contribution < -0.4 is 16.0 Å². The molecule has 1 aromatic heterocycles. The van der Waals surface area contributed by atoms with Crippen LogP contribution >= 0.6 is 0 Å². The molecule has 11 heteroatoms. The van der Waals surface area contributed by atoms with Gasteiger partial charge in [0.2, 0.25) is 0 Å². The molecule has 0 unspecified atom stereocenters. The Bertz CT molecular complexity index is 1010. The number of nitrogens with zero attached hydrogens (tertiary/aromatic N) is 2. The molecule has 2 heterocycles. The minimum Gasteiger partial charge on any atom is -0.459 e. The number of halogens is 3. The van der Waals surface area contributed by atoms with Crippen molar-refractivity contribution in [3.63, 3.8) is 0 Å². The van der Waals surface area contributed by atoms with Crippen molar-refractivity contribution < 1.29 is 32.8 Å². The molecule has 0 aliphatic carbocycles. The summed E-state index contributed by atoms with van der Waals surface area (Å²) in [5.41, 5.74) is 3.19. The van der Waals surface area contributed by atoms with Crippen LogP contribution in [-0.4, -0.2) is 36.7 Å². The fraction of sp³-hybridized carbons (Fsp3) is 0.263. The van der Waals surface area contributed by atoms with Crippen LogP contribution in [0.3, 0.4) is 0 Å². The molecule has 1 atom stereocenters. The van der Waals surface area contributed by atoms with E-state index in [2.05, 4.69) is 20.0 Å². The van der Waals surface area contributed by atoms with E-state index in [1.807, 2.05) is 6.07 Å². The number of ether oxygens (including phenoxy) is 1. The molecule has 1 amide bonds. The van der Waals surface area contributed by atoms with E-state index in [-0.39, 0.29) is 11.4 Å². The van der Waals surface area contributed by atoms with Crippen LogP contribution in [-0.2, 0) is 10.3 Å². The van der Waals surface area contributed by atoms with E-state index in [0.717, 1.165) is 26.2 Å². The number of hydrogen-bond donors (Lipinski definition) is 3. The zero-order valence-corrected chi connectivity index (χ0v) is 16.0. The predicted molar refractivity (Wildman–Crippen MR) is 100 cm³/mol. The minimum absolute atomic E-state index is 0.0800. The molecule has 0 fully saturated rings. The van der Waals surface area contributed by atoms with E-state index in [1.54, 1.807) is 0 Å². The molecular weight excluding hydrogens is 403 g/mol. The first-order chi connectivity index (χ1) is 14.2. The zero-order chi connectivity index (χ0) is 22.5. The number of aliphatic imine (C=N–C) groups is 1. The smallest absolute Gasteiger partial charge is 0.320 e. The predicted octanol–water partition coefficient (Wildman–Crippen LogP) is 1.57. The monoisotopic (exact) mass is 422 g/mol. The van der Waals surface area contributed by atoms with E-state index >= 15 is 0 Å². The second-order valence-electron chi connectivity index (χ2n) is 6.27. The Morgan fingerprint density at radius 2 is 2.07 bits per heavy atom. The highest BCUT2D eigenvalue weighted by molar-refractivity contribution is 6.01. The fourth-order valence-electron chi connectivity index (χ4n) is 2.71. The topological polar surface area (TPSA) is 135 Å². The lowest BCUT2D eigenvalue weighted by atomic mass is 9.85. The summed E-state index contributed by atoms with van der Waals surface area (Å²) in [5.74, 6) is -5.06. The van der Waals surface area contributed by atoms with Crippen molar-refractivity contribution in [1.29, 1.82) is 5.26 Å². The van der Waals surface area contributed by atoms with Crippen LogP contribution in [0.4, 0.5) is 18.9 Å². The van der Waals surface area contributed by atoms with Crippen molar-refractivity contribution in [3.05, 3.63) is 59.2 Å². The molecule has 0 bridgehead atoms. The third kappa shape index (κ3) is 4.33. The number of nitriles is 1. The van der Waals surface area contributed by atoms with Crippen LogP contribution in [0, 0.1) is 17.1 Å². The number of carbonyl (C=O) groups is 1. The maximum Gasteiger partial charge on any atom is 0.320 e. The maximum absolute atomic E-state index is 14.4. The second kappa shape index (κ2) is 8.79. The first-order valence-electron chi connectivity index (χ1n) is 8.50. The molecule has 5 N–H and O–H groups in total. The van der Waals surface area contributed by atoms with E-state index < -0.39 is 41.4 Å². The number of aliphatic hydroxyl groups excluding tert-OH is 1. The number of benzene rings is 1. The highest BCUT2D eigenvalue weighted by Crippen LogP contribution is 2.44. The minimum atomic E-state index is -3.53. The summed E-state index contributed by atoms with van der Waals surface area (Å²) in [7, 11) is 1.00. The van der Waals surface area contributed by atoms with Crippen molar-refractivity contribution in [2.45, 2.75) is 18.4 Å². The first kappa shape index (κ1) is 22.6. The van der Waals surface area contributed by atoms with Crippen LogP contribution in [0.1, 0.15) is 28.5 Å². The largest absolute Gasteiger partial charge is 0.459 e. The normalized spacial score (nSPS) is 19.3. The lowest BCUT2D eigenvalue weighted by molar-refractivity contribution is -0.382. The standard InChI is InChI=1S/C18H14F3N5O2.CH4O/c1-17(18(20,21)9-28-16(23)26-17)12-6-11(3-4-13(12)19)25-15(27)14-5-2-10(7-22)8-24-14;1-2/h2-6,8H,9H2,1H3,(H2,23,26)(H,25,27);2H,1H3/p+1/t17-;/m1./s1. The third-order valence-electron chi connectivity index (χ3n) is 4.38. The molecule has 1 aromatic carbocycles. The highest BCUT2D eigenvalue weighted by atomic mass is 19.3. The number of nitrogens with two attached hydrogens (primary N) is 1. The Morgan fingerprint density at radius 3 is 2.67 bits per heavy atom. The molecule has 1 aliphatic heterocycles. The summed E-state index contributed by atoms with van der Waals surface area (Å²) >= 11 is 0. The Balaban J connectivity index is 0.00000155. The van der Waals surface area contributed by atoms with Gasteiger partial charge in [-0.05, 0) is 31.2 Å². The fourth-order valence-corrected chi connectivity index (χ4v) is 2.71. The van der Waals surface area contributed by atoms with Gasteiger partial charge >= 0.3 is 11.8 Å². The van der Waals surface area contributed by atoms with Gasteiger partial charge in [-0.1, -0.05) is 0 Å². The number of carbonyl (C=O) groups excluding carboxylic acids is 1. The number of rotatable bonds is 3. The zero-order valence-electron chi connectivity index (χ0n) is 16.0. The van der Waals surface area contributed by atoms with Crippen LogP contribution in [0.5, 0.6) is 0 Å². The molecule has 3 rings (SSSR count). The highest BCUT2D eigenvalue weighted by Gasteiger charge is 2.56. The summed E-state index contributed by atoms with van der Waals surface area (Å²) < 4.78 is 47.9. The number of H-pyrrole nitrogens is 1. The van der Waals surface area contributed by atoms with Gasteiger partial charge in [0.25, 0.3) is 11.7 Å². The number of alkyl halides is 2. The number of anilines is 1. The van der Waals surface area contributed by atoms with Crippen LogP contribution in [0.15, 0.2) is 41.5 Å². The van der Waals surface area contributed by atoms with Crippen LogP contribution in [0.25, 0.3) is 0 Å².